The molecule has 0 aromatic heterocycles. The Hall–Kier alpha value is -1.51. The summed E-state index contributed by atoms with van der Waals surface area (Å²) < 4.78 is 6.13. The fourth-order valence-corrected chi connectivity index (χ4v) is 6.84. The molecule has 0 aliphatic carbocycles. The van der Waals surface area contributed by atoms with E-state index in [9.17, 15) is 0 Å². The third-order valence-electron chi connectivity index (χ3n) is 4.33. The van der Waals surface area contributed by atoms with Crippen molar-refractivity contribution >= 4 is 18.4 Å². The van der Waals surface area contributed by atoms with Crippen molar-refractivity contribution in [3.63, 3.8) is 0 Å². The molecule has 2 aromatic rings. The fourth-order valence-electron chi connectivity index (χ4n) is 3.08. The fraction of sp³-hybridized carbons (Fsp3) is 0.278. The molecule has 2 aromatic carbocycles. The zero-order valence-corrected chi connectivity index (χ0v) is 13.0. The van der Waals surface area contributed by atoms with E-state index in [4.69, 9.17) is 4.74 Å². The zero-order chi connectivity index (χ0) is 13.8. The summed E-state index contributed by atoms with van der Waals surface area (Å²) in [6, 6.07) is 21.8. The van der Waals surface area contributed by atoms with Crippen LogP contribution < -0.4 is 10.4 Å². The highest BCUT2D eigenvalue weighted by molar-refractivity contribution is 7.05. The number of hydrogen-bond acceptors (Lipinski definition) is 1. The third-order valence-corrected chi connectivity index (χ3v) is 8.82. The molecule has 0 amide bonds. The molecule has 2 heteroatoms. The monoisotopic (exact) mass is 281 g/mol. The Bertz CT molecular complexity index is 492. The molecule has 3 rings (SSSR count). The van der Waals surface area contributed by atoms with Gasteiger partial charge in [0.25, 0.3) is 0 Å². The van der Waals surface area contributed by atoms with Gasteiger partial charge in [0.1, 0.15) is 6.42 Å². The van der Waals surface area contributed by atoms with Crippen LogP contribution in [0.4, 0.5) is 0 Å². The second-order valence-corrected chi connectivity index (χ2v) is 9.55. The summed E-state index contributed by atoms with van der Waals surface area (Å²) in [5.74, 6) is 0. The van der Waals surface area contributed by atoms with Gasteiger partial charge in [-0.3, -0.25) is 0 Å². The van der Waals surface area contributed by atoms with Gasteiger partial charge in [-0.2, -0.15) is 0 Å². The lowest BCUT2D eigenvalue weighted by Crippen LogP contribution is -2.61. The predicted octanol–water partition coefficient (Wildman–Crippen LogP) is 3.15. The van der Waals surface area contributed by atoms with E-state index in [0.29, 0.717) is 0 Å². The van der Waals surface area contributed by atoms with E-state index in [2.05, 4.69) is 67.2 Å². The van der Waals surface area contributed by atoms with Crippen LogP contribution in [0.5, 0.6) is 0 Å². The Morgan fingerprint density at radius 2 is 1.40 bits per heavy atom. The van der Waals surface area contributed by atoms with E-state index < -0.39 is 8.07 Å². The Labute approximate surface area is 122 Å². The molecule has 1 heterocycles. The molecular weight excluding hydrogens is 260 g/mol. The van der Waals surface area contributed by atoms with Gasteiger partial charge in [0.2, 0.25) is 0 Å². The van der Waals surface area contributed by atoms with Crippen LogP contribution in [0.1, 0.15) is 19.3 Å². The molecule has 20 heavy (non-hydrogen) atoms. The van der Waals surface area contributed by atoms with Crippen molar-refractivity contribution < 1.29 is 4.74 Å². The van der Waals surface area contributed by atoms with Gasteiger partial charge >= 0.3 is 8.07 Å². The first-order chi connectivity index (χ1) is 9.82. The lowest BCUT2D eigenvalue weighted by atomic mass is 10.2. The van der Waals surface area contributed by atoms with E-state index in [-0.39, 0.29) is 0 Å². The highest BCUT2D eigenvalue weighted by Crippen LogP contribution is 2.29. The number of hydrogen-bond donors (Lipinski definition) is 0. The van der Waals surface area contributed by atoms with Crippen molar-refractivity contribution in [2.45, 2.75) is 25.8 Å². The second kappa shape index (κ2) is 5.86. The van der Waals surface area contributed by atoms with Crippen molar-refractivity contribution in [1.29, 1.82) is 0 Å². The average Bonchev–Trinajstić information content (AvgIpc) is 2.56. The Morgan fingerprint density at radius 3 is 1.85 bits per heavy atom. The molecule has 1 nitrogen and oxygen atoms in total. The minimum absolute atomic E-state index is 0.886. The van der Waals surface area contributed by atoms with E-state index >= 15 is 0 Å². The smallest absolute Gasteiger partial charge is 0.211 e. The molecule has 0 saturated carbocycles. The zero-order valence-electron chi connectivity index (χ0n) is 12.0. The van der Waals surface area contributed by atoms with E-state index in [1.54, 1.807) is 0 Å². The summed E-state index contributed by atoms with van der Waals surface area (Å²) in [5, 5.41) is 2.89. The largest absolute Gasteiger partial charge is 0.369 e. The minimum atomic E-state index is -1.91. The maximum absolute atomic E-state index is 6.13. The molecule has 0 spiro atoms. The first-order valence-electron chi connectivity index (χ1n) is 7.42. The number of ether oxygens (including phenoxy) is 1. The first-order valence-corrected chi connectivity index (χ1v) is 9.92. The molecule has 1 saturated heterocycles. The standard InChI is InChI=1S/C18H21OSi/c1-20(16-10-4-2-5-11-16,17-12-6-3-7-13-17)18-14-8-9-15-19-18/h2-7,10-13H,8-9,14-15H2,1H3/q+1. The van der Waals surface area contributed by atoms with E-state index in [1.807, 2.05) is 0 Å². The van der Waals surface area contributed by atoms with Crippen LogP contribution in [0.3, 0.4) is 0 Å². The van der Waals surface area contributed by atoms with Crippen LogP contribution in [0.25, 0.3) is 0 Å². The second-order valence-electron chi connectivity index (χ2n) is 5.59. The summed E-state index contributed by atoms with van der Waals surface area (Å²) in [6.45, 7) is 3.32. The van der Waals surface area contributed by atoms with Crippen molar-refractivity contribution in [2.75, 3.05) is 6.61 Å². The topological polar surface area (TPSA) is 9.23 Å². The molecule has 0 unspecified atom stereocenters. The molecule has 0 bridgehead atoms. The molecule has 0 atom stereocenters. The number of rotatable bonds is 3. The van der Waals surface area contributed by atoms with Gasteiger partial charge in [0.05, 0.1) is 6.61 Å². The quantitative estimate of drug-likeness (QED) is 0.620. The average molecular weight is 281 g/mol. The van der Waals surface area contributed by atoms with Crippen LogP contribution in [0.2, 0.25) is 6.55 Å². The molecule has 1 aliphatic rings. The number of benzene rings is 2. The lowest BCUT2D eigenvalue weighted by molar-refractivity contribution is 0.132. The van der Waals surface area contributed by atoms with Gasteiger partial charge in [-0.1, -0.05) is 60.7 Å². The Morgan fingerprint density at radius 1 is 0.850 bits per heavy atom. The van der Waals surface area contributed by atoms with Crippen molar-refractivity contribution in [1.82, 2.24) is 0 Å². The maximum atomic E-state index is 6.13. The molecule has 1 fully saturated rings. The van der Waals surface area contributed by atoms with Crippen molar-refractivity contribution in [3.8, 4) is 0 Å². The van der Waals surface area contributed by atoms with Crippen LogP contribution in [-0.2, 0) is 4.74 Å². The molecule has 0 N–H and O–H groups in total. The van der Waals surface area contributed by atoms with Crippen LogP contribution >= 0.6 is 0 Å². The van der Waals surface area contributed by atoms with E-state index in [0.717, 1.165) is 13.0 Å². The van der Waals surface area contributed by atoms with Gasteiger partial charge in [0.15, 0.2) is 5.73 Å². The molecule has 102 valence electrons. The van der Waals surface area contributed by atoms with Gasteiger partial charge < -0.3 is 0 Å². The van der Waals surface area contributed by atoms with Gasteiger partial charge in [-0.15, -0.1) is 0 Å². The van der Waals surface area contributed by atoms with E-state index in [1.165, 1.54) is 28.9 Å². The van der Waals surface area contributed by atoms with Crippen LogP contribution in [-0.4, -0.2) is 14.7 Å². The van der Waals surface area contributed by atoms with Gasteiger partial charge in [-0.05, 0) is 29.8 Å². The van der Waals surface area contributed by atoms with Gasteiger partial charge in [-0.25, -0.2) is 4.74 Å². The van der Waals surface area contributed by atoms with Gasteiger partial charge in [0, 0.05) is 0 Å². The summed E-state index contributed by atoms with van der Waals surface area (Å²) in [5.41, 5.74) is 1.35. The third kappa shape index (κ3) is 2.41. The Kier molecular flexibility index (Phi) is 3.94. The highest BCUT2D eigenvalue weighted by Gasteiger charge is 2.54. The normalized spacial score (nSPS) is 16.1. The Balaban J connectivity index is 2.07. The summed E-state index contributed by atoms with van der Waals surface area (Å²) >= 11 is 0. The highest BCUT2D eigenvalue weighted by atomic mass is 28.3. The predicted molar refractivity (Wildman–Crippen MR) is 86.8 cm³/mol. The summed E-state index contributed by atoms with van der Waals surface area (Å²) in [6.07, 6.45) is 3.57. The first kappa shape index (κ1) is 13.5. The summed E-state index contributed by atoms with van der Waals surface area (Å²) in [4.78, 5) is 0. The van der Waals surface area contributed by atoms with Crippen LogP contribution in [0.15, 0.2) is 60.7 Å². The van der Waals surface area contributed by atoms with Crippen LogP contribution in [0, 0.1) is 5.73 Å². The molecule has 1 aliphatic heterocycles. The maximum Gasteiger partial charge on any atom is 0.369 e. The summed E-state index contributed by atoms with van der Waals surface area (Å²) in [7, 11) is -1.91. The minimum Gasteiger partial charge on any atom is -0.211 e. The van der Waals surface area contributed by atoms with Crippen molar-refractivity contribution in [3.05, 3.63) is 66.4 Å². The SMILES string of the molecule is C[Si](c1ccccc1)(c1ccccc1)[C+]1CCCCO1. The van der Waals surface area contributed by atoms with Crippen molar-refractivity contribution in [2.24, 2.45) is 0 Å². The molecule has 0 radical (unpaired) electrons. The lowest BCUT2D eigenvalue weighted by Gasteiger charge is -2.27. The molecular formula is C18H21OSi+.